The highest BCUT2D eigenvalue weighted by molar-refractivity contribution is 6.03. The second-order valence-corrected chi connectivity index (χ2v) is 8.32. The third-order valence-corrected chi connectivity index (χ3v) is 6.13. The molecule has 0 amide bonds. The van der Waals surface area contributed by atoms with Crippen molar-refractivity contribution in [3.05, 3.63) is 83.6 Å². The topological polar surface area (TPSA) is 88.9 Å². The Balaban J connectivity index is 1.74. The number of aromatic nitrogens is 1. The number of carboxylic acids is 1. The zero-order chi connectivity index (χ0) is 24.5. The summed E-state index contributed by atoms with van der Waals surface area (Å²) in [6.45, 7) is 1.10. The number of pyridine rings is 1. The minimum Gasteiger partial charge on any atom is -0.507 e. The Morgan fingerprint density at radius 2 is 1.77 bits per heavy atom. The molecular weight excluding hydrogens is 456 g/mol. The van der Waals surface area contributed by atoms with E-state index in [4.69, 9.17) is 19.6 Å². The number of fused-ring (bicyclic) bond motifs is 1. The summed E-state index contributed by atoms with van der Waals surface area (Å²) in [5.41, 5.74) is 1.91. The van der Waals surface area contributed by atoms with Crippen molar-refractivity contribution in [2.24, 2.45) is 0 Å². The SMILES string of the molecule is O=C(O)c1ccc(Oc2nc(C3CCOCC3)c(-c3ccc(F)cc3)c3cccc(O)c23)c(F)c1. The van der Waals surface area contributed by atoms with Gasteiger partial charge < -0.3 is 19.7 Å². The number of ether oxygens (including phenoxy) is 2. The molecular formula is C27H21F2NO5. The van der Waals surface area contributed by atoms with E-state index in [-0.39, 0.29) is 40.1 Å². The van der Waals surface area contributed by atoms with E-state index in [0.717, 1.165) is 17.2 Å². The molecule has 3 aromatic carbocycles. The Hall–Kier alpha value is -4.04. The van der Waals surface area contributed by atoms with Crippen molar-refractivity contribution in [2.75, 3.05) is 13.2 Å². The predicted octanol–water partition coefficient (Wildman–Crippen LogP) is 6.27. The van der Waals surface area contributed by atoms with E-state index in [9.17, 15) is 18.7 Å². The van der Waals surface area contributed by atoms with Crippen molar-refractivity contribution in [3.8, 4) is 28.5 Å². The van der Waals surface area contributed by atoms with Crippen molar-refractivity contribution < 1.29 is 33.3 Å². The Kier molecular flexibility index (Phi) is 6.05. The van der Waals surface area contributed by atoms with Crippen LogP contribution in [-0.4, -0.2) is 34.4 Å². The largest absolute Gasteiger partial charge is 0.507 e. The number of benzene rings is 3. The maximum absolute atomic E-state index is 14.7. The number of phenolic OH excluding ortho intramolecular Hbond substituents is 1. The highest BCUT2D eigenvalue weighted by Crippen LogP contribution is 2.45. The quantitative estimate of drug-likeness (QED) is 0.352. The van der Waals surface area contributed by atoms with Crippen LogP contribution in [0.25, 0.3) is 21.9 Å². The van der Waals surface area contributed by atoms with Gasteiger partial charge in [0.1, 0.15) is 11.6 Å². The smallest absolute Gasteiger partial charge is 0.335 e. The lowest BCUT2D eigenvalue weighted by Gasteiger charge is -2.26. The van der Waals surface area contributed by atoms with Crippen LogP contribution < -0.4 is 4.74 Å². The summed E-state index contributed by atoms with van der Waals surface area (Å²) in [6, 6.07) is 14.3. The molecule has 1 fully saturated rings. The number of hydrogen-bond acceptors (Lipinski definition) is 5. The molecule has 0 bridgehead atoms. The fraction of sp³-hybridized carbons (Fsp3) is 0.185. The number of hydrogen-bond donors (Lipinski definition) is 2. The van der Waals surface area contributed by atoms with Gasteiger partial charge in [0.15, 0.2) is 11.6 Å². The zero-order valence-electron chi connectivity index (χ0n) is 18.5. The number of carbonyl (C=O) groups is 1. The molecule has 0 unspecified atom stereocenters. The third-order valence-electron chi connectivity index (χ3n) is 6.13. The summed E-state index contributed by atoms with van der Waals surface area (Å²) in [5.74, 6) is -2.85. The van der Waals surface area contributed by atoms with Gasteiger partial charge >= 0.3 is 5.97 Å². The van der Waals surface area contributed by atoms with Gasteiger partial charge in [-0.1, -0.05) is 24.3 Å². The first-order valence-corrected chi connectivity index (χ1v) is 11.1. The lowest BCUT2D eigenvalue weighted by molar-refractivity contribution is 0.0696. The van der Waals surface area contributed by atoms with Crippen molar-refractivity contribution in [3.63, 3.8) is 0 Å². The molecule has 0 saturated carbocycles. The van der Waals surface area contributed by atoms with Crippen molar-refractivity contribution in [1.29, 1.82) is 0 Å². The van der Waals surface area contributed by atoms with E-state index in [1.807, 2.05) is 0 Å². The number of rotatable bonds is 5. The molecule has 5 rings (SSSR count). The van der Waals surface area contributed by atoms with E-state index in [0.29, 0.717) is 37.1 Å². The first-order valence-electron chi connectivity index (χ1n) is 11.1. The molecule has 0 radical (unpaired) electrons. The zero-order valence-corrected chi connectivity index (χ0v) is 18.5. The van der Waals surface area contributed by atoms with Crippen LogP contribution in [0, 0.1) is 11.6 Å². The highest BCUT2D eigenvalue weighted by Gasteiger charge is 2.26. The van der Waals surface area contributed by atoms with Crippen molar-refractivity contribution in [2.45, 2.75) is 18.8 Å². The maximum Gasteiger partial charge on any atom is 0.335 e. The van der Waals surface area contributed by atoms with E-state index in [1.54, 1.807) is 24.3 Å². The van der Waals surface area contributed by atoms with E-state index >= 15 is 0 Å². The molecule has 1 saturated heterocycles. The third kappa shape index (κ3) is 4.40. The van der Waals surface area contributed by atoms with Gasteiger partial charge in [-0.25, -0.2) is 18.6 Å². The molecule has 0 aliphatic carbocycles. The molecule has 35 heavy (non-hydrogen) atoms. The van der Waals surface area contributed by atoms with Crippen LogP contribution in [0.1, 0.15) is 34.8 Å². The first-order chi connectivity index (χ1) is 16.9. The molecule has 4 aromatic rings. The lowest BCUT2D eigenvalue weighted by Crippen LogP contribution is -2.16. The van der Waals surface area contributed by atoms with Crippen LogP contribution in [0.3, 0.4) is 0 Å². The Bertz CT molecular complexity index is 1420. The van der Waals surface area contributed by atoms with Crippen LogP contribution in [0.15, 0.2) is 60.7 Å². The predicted molar refractivity (Wildman–Crippen MR) is 125 cm³/mol. The van der Waals surface area contributed by atoms with Gasteiger partial charge in [0.25, 0.3) is 0 Å². The van der Waals surface area contributed by atoms with E-state index < -0.39 is 11.8 Å². The van der Waals surface area contributed by atoms with Crippen LogP contribution >= 0.6 is 0 Å². The minimum atomic E-state index is -1.26. The maximum atomic E-state index is 14.7. The van der Waals surface area contributed by atoms with Crippen molar-refractivity contribution in [1.82, 2.24) is 4.98 Å². The van der Waals surface area contributed by atoms with Gasteiger partial charge in [-0.2, -0.15) is 0 Å². The van der Waals surface area contributed by atoms with Crippen LogP contribution in [-0.2, 0) is 4.74 Å². The number of carboxylic acid groups (broad SMARTS) is 1. The van der Waals surface area contributed by atoms with Gasteiger partial charge in [-0.05, 0) is 54.8 Å². The summed E-state index contributed by atoms with van der Waals surface area (Å²) < 4.78 is 39.8. The molecule has 0 atom stereocenters. The summed E-state index contributed by atoms with van der Waals surface area (Å²) >= 11 is 0. The van der Waals surface area contributed by atoms with Crippen LogP contribution in [0.2, 0.25) is 0 Å². The molecule has 178 valence electrons. The number of halogens is 2. The van der Waals surface area contributed by atoms with Crippen LogP contribution in [0.4, 0.5) is 8.78 Å². The van der Waals surface area contributed by atoms with E-state index in [2.05, 4.69) is 0 Å². The molecule has 0 spiro atoms. The minimum absolute atomic E-state index is 0.00265. The van der Waals surface area contributed by atoms with Gasteiger partial charge in [0.05, 0.1) is 16.6 Å². The molecule has 2 N–H and O–H groups in total. The summed E-state index contributed by atoms with van der Waals surface area (Å²) in [4.78, 5) is 15.9. The molecule has 6 nitrogen and oxygen atoms in total. The second kappa shape index (κ2) is 9.31. The van der Waals surface area contributed by atoms with E-state index in [1.165, 1.54) is 30.3 Å². The first kappa shape index (κ1) is 22.7. The summed E-state index contributed by atoms with van der Waals surface area (Å²) in [5, 5.41) is 20.8. The number of aromatic carboxylic acids is 1. The Labute approximate surface area is 199 Å². The molecule has 2 heterocycles. The summed E-state index contributed by atoms with van der Waals surface area (Å²) in [6.07, 6.45) is 1.40. The molecule has 1 aromatic heterocycles. The standard InChI is InChI=1S/C27H21F2NO5/c28-18-7-4-15(5-8-18)23-19-2-1-3-21(31)24(19)26(30-25(23)16-10-12-34-13-11-16)35-22-9-6-17(27(32)33)14-20(22)29/h1-9,14,16,31H,10-13H2,(H,32,33). The van der Waals surface area contributed by atoms with Gasteiger partial charge in [-0.15, -0.1) is 0 Å². The van der Waals surface area contributed by atoms with Gasteiger partial charge in [0.2, 0.25) is 5.88 Å². The fourth-order valence-corrected chi connectivity index (χ4v) is 4.41. The second-order valence-electron chi connectivity index (χ2n) is 8.32. The van der Waals surface area contributed by atoms with Crippen molar-refractivity contribution >= 4 is 16.7 Å². The van der Waals surface area contributed by atoms with Crippen LogP contribution in [0.5, 0.6) is 17.4 Å². The average Bonchev–Trinajstić information content (AvgIpc) is 2.86. The highest BCUT2D eigenvalue weighted by atomic mass is 19.1. The number of phenols is 1. The molecule has 1 aliphatic rings. The fourth-order valence-electron chi connectivity index (χ4n) is 4.41. The number of aromatic hydroxyl groups is 1. The van der Waals surface area contributed by atoms with Gasteiger partial charge in [-0.3, -0.25) is 0 Å². The average molecular weight is 477 g/mol. The van der Waals surface area contributed by atoms with Gasteiger partial charge in [0, 0.05) is 30.1 Å². The molecule has 1 aliphatic heterocycles. The lowest BCUT2D eigenvalue weighted by atomic mass is 9.87. The summed E-state index contributed by atoms with van der Waals surface area (Å²) in [7, 11) is 0. The Morgan fingerprint density at radius 1 is 1.03 bits per heavy atom. The Morgan fingerprint density at radius 3 is 2.46 bits per heavy atom. The molecule has 8 heteroatoms. The number of nitrogens with zero attached hydrogens (tertiary/aromatic N) is 1. The monoisotopic (exact) mass is 477 g/mol. The normalized spacial score (nSPS) is 14.2.